The van der Waals surface area contributed by atoms with Crippen LogP contribution in [0.3, 0.4) is 0 Å². The molecule has 3 aliphatic heterocycles. The number of H-pyrrole nitrogens is 1. The van der Waals surface area contributed by atoms with E-state index in [1.54, 1.807) is 6.26 Å². The SMILES string of the molecule is Cc1ccccc1C1CN(C)CC1NC(=O)N1CCc2[nH]nc(C3=C4C=COC=C4CC3)c2C1. The second-order valence-corrected chi connectivity index (χ2v) is 9.92. The van der Waals surface area contributed by atoms with Crippen molar-refractivity contribution < 1.29 is 9.53 Å². The summed E-state index contributed by atoms with van der Waals surface area (Å²) in [5.41, 5.74) is 9.64. The van der Waals surface area contributed by atoms with Gasteiger partial charge in [-0.25, -0.2) is 4.79 Å². The Morgan fingerprint density at radius 1 is 1.21 bits per heavy atom. The van der Waals surface area contributed by atoms with Gasteiger partial charge >= 0.3 is 6.03 Å². The Labute approximate surface area is 200 Å². The van der Waals surface area contributed by atoms with Crippen LogP contribution in [0, 0.1) is 6.92 Å². The quantitative estimate of drug-likeness (QED) is 0.734. The summed E-state index contributed by atoms with van der Waals surface area (Å²) in [7, 11) is 2.13. The number of fused-ring (bicyclic) bond motifs is 2. The van der Waals surface area contributed by atoms with Crippen molar-refractivity contribution in [2.45, 2.75) is 44.7 Å². The number of amides is 2. The number of aromatic nitrogens is 2. The number of rotatable bonds is 3. The van der Waals surface area contributed by atoms with Crippen molar-refractivity contribution in [3.8, 4) is 0 Å². The van der Waals surface area contributed by atoms with Crippen molar-refractivity contribution in [2.24, 2.45) is 0 Å². The van der Waals surface area contributed by atoms with Crippen LogP contribution >= 0.6 is 0 Å². The molecule has 1 saturated heterocycles. The van der Waals surface area contributed by atoms with E-state index in [2.05, 4.69) is 58.7 Å². The molecule has 4 heterocycles. The molecule has 1 aliphatic carbocycles. The van der Waals surface area contributed by atoms with Crippen molar-refractivity contribution >= 4 is 11.6 Å². The lowest BCUT2D eigenvalue weighted by Crippen LogP contribution is -2.48. The molecule has 7 heteroatoms. The number of benzene rings is 1. The molecule has 1 aromatic heterocycles. The standard InChI is InChI=1S/C27H31N5O2/c1-17-5-3-4-6-19(17)22-13-31(2)15-25(22)28-27(33)32-11-9-24-23(14-32)26(30-29-24)21-8-7-18-16-34-12-10-20(18)21/h3-6,10,12,16,22,25H,7-9,11,13-15H2,1-2H3,(H,28,33)(H,29,30). The Hall–Kier alpha value is -3.32. The zero-order valence-electron chi connectivity index (χ0n) is 19.8. The maximum absolute atomic E-state index is 13.4. The van der Waals surface area contributed by atoms with Crippen molar-refractivity contribution in [1.29, 1.82) is 0 Å². The van der Waals surface area contributed by atoms with E-state index < -0.39 is 0 Å². The van der Waals surface area contributed by atoms with Crippen LogP contribution in [0.2, 0.25) is 0 Å². The van der Waals surface area contributed by atoms with E-state index >= 15 is 0 Å². The highest BCUT2D eigenvalue weighted by molar-refractivity contribution is 5.80. The van der Waals surface area contributed by atoms with Crippen molar-refractivity contribution in [3.05, 3.63) is 82.1 Å². The van der Waals surface area contributed by atoms with E-state index in [0.29, 0.717) is 19.0 Å². The molecule has 2 aromatic rings. The molecule has 0 spiro atoms. The number of aryl methyl sites for hydroxylation is 1. The molecule has 0 bridgehead atoms. The van der Waals surface area contributed by atoms with E-state index in [-0.39, 0.29) is 12.1 Å². The number of aromatic amines is 1. The molecule has 4 aliphatic rings. The fourth-order valence-corrected chi connectivity index (χ4v) is 5.96. The van der Waals surface area contributed by atoms with Gasteiger partial charge in [0.2, 0.25) is 0 Å². The number of urea groups is 1. The Morgan fingerprint density at radius 3 is 2.97 bits per heavy atom. The lowest BCUT2D eigenvalue weighted by molar-refractivity contribution is 0.187. The molecule has 2 N–H and O–H groups in total. The molecule has 2 atom stereocenters. The van der Waals surface area contributed by atoms with Gasteiger partial charge in [0.05, 0.1) is 30.8 Å². The first-order valence-corrected chi connectivity index (χ1v) is 12.2. The predicted molar refractivity (Wildman–Crippen MR) is 131 cm³/mol. The first-order valence-electron chi connectivity index (χ1n) is 12.2. The molecule has 176 valence electrons. The zero-order chi connectivity index (χ0) is 23.2. The molecular weight excluding hydrogens is 426 g/mol. The fourth-order valence-electron chi connectivity index (χ4n) is 5.96. The summed E-state index contributed by atoms with van der Waals surface area (Å²) in [6.45, 7) is 5.26. The van der Waals surface area contributed by atoms with E-state index in [1.165, 1.54) is 27.8 Å². The second-order valence-electron chi connectivity index (χ2n) is 9.92. The van der Waals surface area contributed by atoms with Gasteiger partial charge in [0.25, 0.3) is 0 Å². The maximum atomic E-state index is 13.4. The first kappa shape index (κ1) is 21.2. The van der Waals surface area contributed by atoms with Gasteiger partial charge in [-0.05, 0) is 60.7 Å². The zero-order valence-corrected chi connectivity index (χ0v) is 19.8. The van der Waals surface area contributed by atoms with Gasteiger partial charge in [-0.15, -0.1) is 0 Å². The number of carbonyl (C=O) groups excluding carboxylic acids is 1. The molecule has 34 heavy (non-hydrogen) atoms. The molecule has 0 radical (unpaired) electrons. The number of likely N-dealkylation sites (tertiary alicyclic amines) is 1. The van der Waals surface area contributed by atoms with Crippen molar-refractivity contribution in [1.82, 2.24) is 25.3 Å². The highest BCUT2D eigenvalue weighted by atomic mass is 16.5. The number of nitrogens with zero attached hydrogens (tertiary/aromatic N) is 3. The monoisotopic (exact) mass is 457 g/mol. The summed E-state index contributed by atoms with van der Waals surface area (Å²) in [6.07, 6.45) is 8.32. The molecule has 7 nitrogen and oxygen atoms in total. The highest BCUT2D eigenvalue weighted by Gasteiger charge is 2.36. The third kappa shape index (κ3) is 3.64. The smallest absolute Gasteiger partial charge is 0.317 e. The number of allylic oxidation sites excluding steroid dienone is 4. The summed E-state index contributed by atoms with van der Waals surface area (Å²) in [4.78, 5) is 17.7. The molecule has 6 rings (SSSR count). The van der Waals surface area contributed by atoms with Gasteiger partial charge in [-0.2, -0.15) is 5.10 Å². The number of carbonyl (C=O) groups is 1. The van der Waals surface area contributed by atoms with Gasteiger partial charge in [-0.1, -0.05) is 24.3 Å². The summed E-state index contributed by atoms with van der Waals surface area (Å²) in [5.74, 6) is 0.302. The number of hydrogen-bond acceptors (Lipinski definition) is 4. The average molecular weight is 458 g/mol. The van der Waals surface area contributed by atoms with Gasteiger partial charge in [0.1, 0.15) is 0 Å². The van der Waals surface area contributed by atoms with Crippen LogP contribution in [-0.4, -0.2) is 58.8 Å². The lowest BCUT2D eigenvalue weighted by Gasteiger charge is -2.30. The van der Waals surface area contributed by atoms with Crippen molar-refractivity contribution in [2.75, 3.05) is 26.7 Å². The van der Waals surface area contributed by atoms with Gasteiger partial charge in [0, 0.05) is 43.2 Å². The Morgan fingerprint density at radius 2 is 2.09 bits per heavy atom. The largest absolute Gasteiger partial charge is 0.472 e. The van der Waals surface area contributed by atoms with Gasteiger partial charge < -0.3 is 19.9 Å². The van der Waals surface area contributed by atoms with Crippen LogP contribution in [0.25, 0.3) is 5.57 Å². The minimum absolute atomic E-state index is 0.0207. The first-order chi connectivity index (χ1) is 16.6. The van der Waals surface area contributed by atoms with E-state index in [4.69, 9.17) is 4.74 Å². The van der Waals surface area contributed by atoms with Crippen LogP contribution in [0.15, 0.2) is 54.0 Å². The summed E-state index contributed by atoms with van der Waals surface area (Å²) < 4.78 is 5.36. The van der Waals surface area contributed by atoms with Crippen LogP contribution in [-0.2, 0) is 17.7 Å². The minimum atomic E-state index is 0.0207. The van der Waals surface area contributed by atoms with E-state index in [0.717, 1.165) is 49.3 Å². The molecule has 1 aromatic carbocycles. The minimum Gasteiger partial charge on any atom is -0.472 e. The Bertz CT molecular complexity index is 1220. The number of likely N-dealkylation sites (N-methyl/N-ethyl adjacent to an activating group) is 1. The number of nitrogens with one attached hydrogen (secondary N) is 2. The lowest BCUT2D eigenvalue weighted by atomic mass is 9.91. The van der Waals surface area contributed by atoms with E-state index in [1.807, 2.05) is 17.2 Å². The third-order valence-electron chi connectivity index (χ3n) is 7.74. The summed E-state index contributed by atoms with van der Waals surface area (Å²) in [5, 5.41) is 11.3. The number of ether oxygens (including phenoxy) is 1. The third-order valence-corrected chi connectivity index (χ3v) is 7.74. The van der Waals surface area contributed by atoms with Gasteiger partial charge in [-0.3, -0.25) is 5.10 Å². The van der Waals surface area contributed by atoms with Crippen LogP contribution in [0.1, 0.15) is 46.8 Å². The topological polar surface area (TPSA) is 73.5 Å². The number of hydrogen-bond donors (Lipinski definition) is 2. The fraction of sp³-hybridized carbons (Fsp3) is 0.407. The van der Waals surface area contributed by atoms with Crippen LogP contribution in [0.5, 0.6) is 0 Å². The van der Waals surface area contributed by atoms with Crippen molar-refractivity contribution in [3.63, 3.8) is 0 Å². The van der Waals surface area contributed by atoms with Crippen LogP contribution in [0.4, 0.5) is 4.79 Å². The molecule has 0 saturated carbocycles. The Balaban J connectivity index is 1.21. The highest BCUT2D eigenvalue weighted by Crippen LogP contribution is 2.41. The van der Waals surface area contributed by atoms with Crippen LogP contribution < -0.4 is 5.32 Å². The molecular formula is C27H31N5O2. The molecule has 2 unspecified atom stereocenters. The summed E-state index contributed by atoms with van der Waals surface area (Å²) >= 11 is 0. The second kappa shape index (κ2) is 8.47. The predicted octanol–water partition coefficient (Wildman–Crippen LogP) is 3.86. The Kier molecular flexibility index (Phi) is 5.29. The molecule has 2 amide bonds. The van der Waals surface area contributed by atoms with E-state index in [9.17, 15) is 4.79 Å². The summed E-state index contributed by atoms with van der Waals surface area (Å²) in [6, 6.07) is 8.66. The average Bonchev–Trinajstić information content (AvgIpc) is 3.55. The molecule has 1 fully saturated rings. The normalized spacial score (nSPS) is 24.1. The van der Waals surface area contributed by atoms with Gasteiger partial charge in [0.15, 0.2) is 0 Å². The maximum Gasteiger partial charge on any atom is 0.317 e.